The second kappa shape index (κ2) is 4.16. The molecule has 1 aromatic heterocycles. The molecule has 1 heterocycles. The van der Waals surface area contributed by atoms with Gasteiger partial charge in [-0.2, -0.15) is 0 Å². The molecule has 0 saturated heterocycles. The Bertz CT molecular complexity index is 467. The van der Waals surface area contributed by atoms with Crippen LogP contribution in [0.3, 0.4) is 0 Å². The monoisotopic (exact) mass is 266 g/mol. The highest BCUT2D eigenvalue weighted by atomic mass is 79.9. The zero-order valence-corrected chi connectivity index (χ0v) is 9.85. The van der Waals surface area contributed by atoms with Gasteiger partial charge in [0.1, 0.15) is 11.9 Å². The van der Waals surface area contributed by atoms with Crippen molar-refractivity contribution in [2.45, 2.75) is 6.10 Å². The lowest BCUT2D eigenvalue weighted by atomic mass is 10.1. The summed E-state index contributed by atoms with van der Waals surface area (Å²) in [6.45, 7) is 0. The van der Waals surface area contributed by atoms with E-state index in [2.05, 4.69) is 20.9 Å². The quantitative estimate of drug-likeness (QED) is 0.906. The number of rotatable bonds is 2. The Morgan fingerprint density at radius 1 is 1.47 bits per heavy atom. The van der Waals surface area contributed by atoms with E-state index in [0.717, 1.165) is 10.0 Å². The smallest absolute Gasteiger partial charge is 0.142 e. The Labute approximate surface area is 96.5 Å². The van der Waals surface area contributed by atoms with Crippen molar-refractivity contribution in [2.24, 2.45) is 7.05 Å². The Hall–Kier alpha value is -1.13. The Morgan fingerprint density at radius 3 is 2.87 bits per heavy atom. The van der Waals surface area contributed by atoms with Crippen molar-refractivity contribution < 1.29 is 5.11 Å². The van der Waals surface area contributed by atoms with Crippen LogP contribution >= 0.6 is 15.9 Å². The van der Waals surface area contributed by atoms with E-state index in [9.17, 15) is 5.11 Å². The van der Waals surface area contributed by atoms with Crippen molar-refractivity contribution in [1.29, 1.82) is 0 Å². The van der Waals surface area contributed by atoms with Crippen molar-refractivity contribution in [3.05, 3.63) is 52.5 Å². The molecule has 0 aliphatic rings. The first kappa shape index (κ1) is 10.4. The van der Waals surface area contributed by atoms with Gasteiger partial charge in [-0.15, -0.1) is 0 Å². The molecule has 1 aromatic carbocycles. The van der Waals surface area contributed by atoms with E-state index >= 15 is 0 Å². The maximum absolute atomic E-state index is 10.1. The number of aromatic nitrogens is 2. The van der Waals surface area contributed by atoms with Gasteiger partial charge in [-0.3, -0.25) is 0 Å². The molecule has 0 amide bonds. The topological polar surface area (TPSA) is 38.0 Å². The first-order valence-corrected chi connectivity index (χ1v) is 5.38. The molecule has 0 radical (unpaired) electrons. The highest BCUT2D eigenvalue weighted by Crippen LogP contribution is 2.22. The summed E-state index contributed by atoms with van der Waals surface area (Å²) in [6, 6.07) is 7.59. The third-order valence-corrected chi connectivity index (χ3v) is 2.76. The fourth-order valence-electron chi connectivity index (χ4n) is 1.47. The van der Waals surface area contributed by atoms with Crippen molar-refractivity contribution in [3.8, 4) is 0 Å². The maximum atomic E-state index is 10.1. The SMILES string of the molecule is Cn1ccnc1C(O)c1cccc(Br)c1. The molecule has 1 atom stereocenters. The predicted molar refractivity (Wildman–Crippen MR) is 61.4 cm³/mol. The van der Waals surface area contributed by atoms with Gasteiger partial charge >= 0.3 is 0 Å². The molecule has 1 unspecified atom stereocenters. The van der Waals surface area contributed by atoms with Crippen molar-refractivity contribution in [1.82, 2.24) is 9.55 Å². The van der Waals surface area contributed by atoms with E-state index in [1.54, 1.807) is 6.20 Å². The fourth-order valence-corrected chi connectivity index (χ4v) is 1.88. The van der Waals surface area contributed by atoms with E-state index in [0.29, 0.717) is 5.82 Å². The molecule has 0 spiro atoms. The van der Waals surface area contributed by atoms with Gasteiger partial charge in [-0.25, -0.2) is 4.98 Å². The molecular weight excluding hydrogens is 256 g/mol. The van der Waals surface area contributed by atoms with Crippen LogP contribution in [0, 0.1) is 0 Å². The molecule has 0 bridgehead atoms. The third kappa shape index (κ3) is 2.11. The molecule has 0 saturated carbocycles. The first-order valence-electron chi connectivity index (χ1n) is 4.59. The Morgan fingerprint density at radius 2 is 2.27 bits per heavy atom. The van der Waals surface area contributed by atoms with Crippen molar-refractivity contribution >= 4 is 15.9 Å². The number of halogens is 1. The summed E-state index contributed by atoms with van der Waals surface area (Å²) in [6.07, 6.45) is 2.81. The number of aliphatic hydroxyl groups is 1. The van der Waals surface area contributed by atoms with Crippen LogP contribution in [-0.2, 0) is 7.05 Å². The molecule has 15 heavy (non-hydrogen) atoms. The number of aliphatic hydroxyl groups excluding tert-OH is 1. The molecule has 2 aromatic rings. The van der Waals surface area contributed by atoms with E-state index < -0.39 is 6.10 Å². The maximum Gasteiger partial charge on any atom is 0.142 e. The summed E-state index contributed by atoms with van der Waals surface area (Å²) in [5.74, 6) is 0.646. The minimum absolute atomic E-state index is 0.646. The standard InChI is InChI=1S/C11H11BrN2O/c1-14-6-5-13-11(14)10(15)8-3-2-4-9(12)7-8/h2-7,10,15H,1H3. The molecule has 2 rings (SSSR count). The Kier molecular flexibility index (Phi) is 2.88. The largest absolute Gasteiger partial charge is 0.380 e. The molecule has 3 nitrogen and oxygen atoms in total. The summed E-state index contributed by atoms with van der Waals surface area (Å²) in [5, 5.41) is 10.1. The number of aryl methyl sites for hydroxylation is 1. The van der Waals surface area contributed by atoms with Crippen LogP contribution in [0.2, 0.25) is 0 Å². The highest BCUT2D eigenvalue weighted by Gasteiger charge is 2.14. The lowest BCUT2D eigenvalue weighted by Crippen LogP contribution is -2.06. The van der Waals surface area contributed by atoms with Gasteiger partial charge < -0.3 is 9.67 Å². The van der Waals surface area contributed by atoms with Gasteiger partial charge in [-0.05, 0) is 17.7 Å². The minimum Gasteiger partial charge on any atom is -0.380 e. The van der Waals surface area contributed by atoms with Gasteiger partial charge in [0.25, 0.3) is 0 Å². The average Bonchev–Trinajstić information content (AvgIpc) is 2.63. The zero-order chi connectivity index (χ0) is 10.8. The normalized spacial score (nSPS) is 12.7. The van der Waals surface area contributed by atoms with E-state index in [4.69, 9.17) is 0 Å². The van der Waals surface area contributed by atoms with Crippen LogP contribution in [0.5, 0.6) is 0 Å². The summed E-state index contributed by atoms with van der Waals surface area (Å²) >= 11 is 3.37. The van der Waals surface area contributed by atoms with Crippen LogP contribution in [-0.4, -0.2) is 14.7 Å². The van der Waals surface area contributed by atoms with Gasteiger partial charge in [-0.1, -0.05) is 28.1 Å². The number of nitrogens with zero attached hydrogens (tertiary/aromatic N) is 2. The molecule has 0 fully saturated rings. The van der Waals surface area contributed by atoms with Gasteiger partial charge in [0, 0.05) is 23.9 Å². The average molecular weight is 267 g/mol. The minimum atomic E-state index is -0.678. The van der Waals surface area contributed by atoms with Crippen LogP contribution in [0.1, 0.15) is 17.5 Å². The molecule has 78 valence electrons. The number of imidazole rings is 1. The Balaban J connectivity index is 2.36. The van der Waals surface area contributed by atoms with Crippen LogP contribution < -0.4 is 0 Å². The predicted octanol–water partition coefficient (Wildman–Crippen LogP) is 2.26. The first-order chi connectivity index (χ1) is 7.18. The van der Waals surface area contributed by atoms with Crippen LogP contribution in [0.4, 0.5) is 0 Å². The number of hydrogen-bond donors (Lipinski definition) is 1. The van der Waals surface area contributed by atoms with Gasteiger partial charge in [0.05, 0.1) is 0 Å². The molecular formula is C11H11BrN2O. The molecule has 1 N–H and O–H groups in total. The summed E-state index contributed by atoms with van der Waals surface area (Å²) in [7, 11) is 1.86. The van der Waals surface area contributed by atoms with Gasteiger partial charge in [0.15, 0.2) is 0 Å². The summed E-state index contributed by atoms with van der Waals surface area (Å²) in [5.41, 5.74) is 0.832. The summed E-state index contributed by atoms with van der Waals surface area (Å²) in [4.78, 5) is 4.12. The second-order valence-corrected chi connectivity index (χ2v) is 4.27. The molecule has 0 aliphatic carbocycles. The van der Waals surface area contributed by atoms with Gasteiger partial charge in [0.2, 0.25) is 0 Å². The second-order valence-electron chi connectivity index (χ2n) is 3.35. The lowest BCUT2D eigenvalue weighted by Gasteiger charge is -2.10. The number of benzene rings is 1. The van der Waals surface area contributed by atoms with E-state index in [1.807, 2.05) is 42.1 Å². The van der Waals surface area contributed by atoms with Crippen molar-refractivity contribution in [2.75, 3.05) is 0 Å². The molecule has 4 heteroatoms. The number of hydrogen-bond acceptors (Lipinski definition) is 2. The van der Waals surface area contributed by atoms with Crippen LogP contribution in [0.15, 0.2) is 41.1 Å². The van der Waals surface area contributed by atoms with E-state index in [-0.39, 0.29) is 0 Å². The zero-order valence-electron chi connectivity index (χ0n) is 8.26. The lowest BCUT2D eigenvalue weighted by molar-refractivity contribution is 0.206. The highest BCUT2D eigenvalue weighted by molar-refractivity contribution is 9.10. The fraction of sp³-hybridized carbons (Fsp3) is 0.182. The summed E-state index contributed by atoms with van der Waals surface area (Å²) < 4.78 is 2.76. The molecule has 0 aliphatic heterocycles. The van der Waals surface area contributed by atoms with E-state index in [1.165, 1.54) is 0 Å². The van der Waals surface area contributed by atoms with Crippen molar-refractivity contribution in [3.63, 3.8) is 0 Å². The third-order valence-electron chi connectivity index (χ3n) is 2.27. The van der Waals surface area contributed by atoms with Crippen LogP contribution in [0.25, 0.3) is 0 Å².